The molecule has 0 aliphatic rings. The molecule has 1 aromatic carbocycles. The molecule has 146 valence electrons. The van der Waals surface area contributed by atoms with Crippen molar-refractivity contribution in [3.63, 3.8) is 0 Å². The summed E-state index contributed by atoms with van der Waals surface area (Å²) >= 11 is 0. The number of amides is 1. The third-order valence-corrected chi connectivity index (χ3v) is 4.05. The molecule has 0 fully saturated rings. The second kappa shape index (κ2) is 7.55. The summed E-state index contributed by atoms with van der Waals surface area (Å²) in [7, 11) is 0. The van der Waals surface area contributed by atoms with E-state index in [2.05, 4.69) is 25.8 Å². The van der Waals surface area contributed by atoms with Crippen LogP contribution in [0.5, 0.6) is 11.6 Å². The molecule has 9 heteroatoms. The molecule has 29 heavy (non-hydrogen) atoms. The second-order valence-electron chi connectivity index (χ2n) is 6.47. The minimum atomic E-state index is -0.346. The van der Waals surface area contributed by atoms with Crippen LogP contribution in [-0.2, 0) is 0 Å². The largest absolute Gasteiger partial charge is 0.438 e. The number of aromatic nitrogens is 5. The first-order valence-corrected chi connectivity index (χ1v) is 8.88. The molecule has 0 bridgehead atoms. The fraction of sp³-hybridized carbons (Fsp3) is 0.150. The van der Waals surface area contributed by atoms with E-state index in [-0.39, 0.29) is 11.6 Å². The zero-order valence-electron chi connectivity index (χ0n) is 16.1. The number of carbonyl (C=O) groups is 1. The van der Waals surface area contributed by atoms with E-state index in [9.17, 15) is 4.79 Å². The van der Waals surface area contributed by atoms with E-state index in [1.165, 1.54) is 0 Å². The maximum absolute atomic E-state index is 12.1. The van der Waals surface area contributed by atoms with Crippen molar-refractivity contribution in [1.82, 2.24) is 25.1 Å². The monoisotopic (exact) mass is 390 g/mol. The smallest absolute Gasteiger partial charge is 0.277 e. The van der Waals surface area contributed by atoms with E-state index in [1.54, 1.807) is 54.1 Å². The van der Waals surface area contributed by atoms with Crippen LogP contribution < -0.4 is 10.1 Å². The van der Waals surface area contributed by atoms with Gasteiger partial charge in [0.15, 0.2) is 11.5 Å². The standard InChI is InChI=1S/C20H18N6O3/c1-12-10-13(2)26(24-12)18-8-9-19(23-22-18)28-16-6-4-15(5-7-16)21-20(27)17-11-14(3)29-25-17/h4-11H,1-3H3,(H,21,27). The Morgan fingerprint density at radius 2 is 1.83 bits per heavy atom. The molecule has 4 aromatic rings. The van der Waals surface area contributed by atoms with Gasteiger partial charge in [0.05, 0.1) is 5.69 Å². The van der Waals surface area contributed by atoms with Gasteiger partial charge in [0, 0.05) is 23.5 Å². The second-order valence-corrected chi connectivity index (χ2v) is 6.47. The van der Waals surface area contributed by atoms with Gasteiger partial charge in [0.25, 0.3) is 5.91 Å². The van der Waals surface area contributed by atoms with Crippen LogP contribution >= 0.6 is 0 Å². The van der Waals surface area contributed by atoms with Gasteiger partial charge >= 0.3 is 0 Å². The van der Waals surface area contributed by atoms with Gasteiger partial charge in [-0.05, 0) is 57.2 Å². The first-order valence-electron chi connectivity index (χ1n) is 8.88. The van der Waals surface area contributed by atoms with Crippen LogP contribution in [0.4, 0.5) is 5.69 Å². The number of carbonyl (C=O) groups excluding carboxylic acids is 1. The van der Waals surface area contributed by atoms with Crippen LogP contribution in [0.25, 0.3) is 5.82 Å². The molecule has 9 nitrogen and oxygen atoms in total. The molecule has 0 aliphatic carbocycles. The Morgan fingerprint density at radius 3 is 2.41 bits per heavy atom. The average molecular weight is 390 g/mol. The van der Waals surface area contributed by atoms with Gasteiger partial charge in [0.1, 0.15) is 11.5 Å². The highest BCUT2D eigenvalue weighted by molar-refractivity contribution is 6.02. The lowest BCUT2D eigenvalue weighted by molar-refractivity contribution is 0.101. The molecule has 0 atom stereocenters. The molecular weight excluding hydrogens is 372 g/mol. The van der Waals surface area contributed by atoms with Gasteiger partial charge < -0.3 is 14.6 Å². The Hall–Kier alpha value is -4.01. The zero-order valence-corrected chi connectivity index (χ0v) is 16.1. The molecule has 0 saturated carbocycles. The van der Waals surface area contributed by atoms with E-state index in [0.717, 1.165) is 11.4 Å². The predicted octanol–water partition coefficient (Wildman–Crippen LogP) is 3.62. The summed E-state index contributed by atoms with van der Waals surface area (Å²) < 4.78 is 12.3. The Kier molecular flexibility index (Phi) is 4.78. The fourth-order valence-corrected chi connectivity index (χ4v) is 2.74. The Labute approximate surface area is 166 Å². The molecule has 3 heterocycles. The summed E-state index contributed by atoms with van der Waals surface area (Å²) in [6, 6.07) is 13.9. The van der Waals surface area contributed by atoms with E-state index >= 15 is 0 Å². The van der Waals surface area contributed by atoms with Crippen LogP contribution in [0.3, 0.4) is 0 Å². The van der Waals surface area contributed by atoms with Gasteiger partial charge in [-0.15, -0.1) is 10.2 Å². The predicted molar refractivity (Wildman–Crippen MR) is 104 cm³/mol. The first-order chi connectivity index (χ1) is 14.0. The van der Waals surface area contributed by atoms with Crippen LogP contribution in [0.15, 0.2) is 53.1 Å². The van der Waals surface area contributed by atoms with E-state index in [4.69, 9.17) is 9.26 Å². The highest BCUT2D eigenvalue weighted by Crippen LogP contribution is 2.22. The van der Waals surface area contributed by atoms with Crippen LogP contribution in [0.2, 0.25) is 0 Å². The quantitative estimate of drug-likeness (QED) is 0.554. The minimum Gasteiger partial charge on any atom is -0.438 e. The van der Waals surface area contributed by atoms with Crippen LogP contribution in [0.1, 0.15) is 27.6 Å². The first kappa shape index (κ1) is 18.4. The number of benzene rings is 1. The number of nitrogens with zero attached hydrogens (tertiary/aromatic N) is 5. The Balaban J connectivity index is 1.41. The molecule has 0 saturated heterocycles. The molecule has 3 aromatic heterocycles. The summed E-state index contributed by atoms with van der Waals surface area (Å²) in [5.74, 6) is 1.76. The molecular formula is C20H18N6O3. The molecule has 0 spiro atoms. The lowest BCUT2D eigenvalue weighted by Gasteiger charge is -2.07. The van der Waals surface area contributed by atoms with Crippen molar-refractivity contribution in [1.29, 1.82) is 0 Å². The zero-order chi connectivity index (χ0) is 20.4. The van der Waals surface area contributed by atoms with E-state index in [1.807, 2.05) is 19.9 Å². The van der Waals surface area contributed by atoms with E-state index < -0.39 is 0 Å². The third kappa shape index (κ3) is 4.13. The van der Waals surface area contributed by atoms with Gasteiger partial charge in [-0.2, -0.15) is 5.10 Å². The number of hydrogen-bond donors (Lipinski definition) is 1. The Morgan fingerprint density at radius 1 is 1.03 bits per heavy atom. The lowest BCUT2D eigenvalue weighted by atomic mass is 10.3. The van der Waals surface area contributed by atoms with Crippen LogP contribution in [0, 0.1) is 20.8 Å². The molecule has 1 N–H and O–H groups in total. The summed E-state index contributed by atoms with van der Waals surface area (Å²) in [6.07, 6.45) is 0. The number of rotatable bonds is 5. The summed E-state index contributed by atoms with van der Waals surface area (Å²) in [5, 5.41) is 19.1. The van der Waals surface area contributed by atoms with Crippen molar-refractivity contribution in [3.05, 3.63) is 71.4 Å². The van der Waals surface area contributed by atoms with Crippen LogP contribution in [-0.4, -0.2) is 31.0 Å². The van der Waals surface area contributed by atoms with Crippen molar-refractivity contribution in [2.24, 2.45) is 0 Å². The van der Waals surface area contributed by atoms with Crippen molar-refractivity contribution in [2.75, 3.05) is 5.32 Å². The SMILES string of the molecule is Cc1cc(C)n(-c2ccc(Oc3ccc(NC(=O)c4cc(C)on4)cc3)nn2)n1. The molecule has 0 unspecified atom stereocenters. The molecule has 0 radical (unpaired) electrons. The maximum Gasteiger partial charge on any atom is 0.277 e. The van der Waals surface area contributed by atoms with Gasteiger partial charge in [-0.25, -0.2) is 4.68 Å². The molecule has 4 rings (SSSR count). The van der Waals surface area contributed by atoms with Crippen molar-refractivity contribution in [3.8, 4) is 17.4 Å². The van der Waals surface area contributed by atoms with Gasteiger partial charge in [-0.3, -0.25) is 4.79 Å². The minimum absolute atomic E-state index is 0.223. The molecule has 1 amide bonds. The average Bonchev–Trinajstić information content (AvgIpc) is 3.29. The number of ether oxygens (including phenoxy) is 1. The van der Waals surface area contributed by atoms with Crippen molar-refractivity contribution in [2.45, 2.75) is 20.8 Å². The highest BCUT2D eigenvalue weighted by Gasteiger charge is 2.11. The Bertz CT molecular complexity index is 1150. The van der Waals surface area contributed by atoms with E-state index in [0.29, 0.717) is 28.9 Å². The lowest BCUT2D eigenvalue weighted by Crippen LogP contribution is -2.11. The number of anilines is 1. The van der Waals surface area contributed by atoms with Gasteiger partial charge in [0.2, 0.25) is 5.88 Å². The number of hydrogen-bond acceptors (Lipinski definition) is 7. The van der Waals surface area contributed by atoms with Crippen molar-refractivity contribution < 1.29 is 14.1 Å². The summed E-state index contributed by atoms with van der Waals surface area (Å²) in [6.45, 7) is 5.60. The molecule has 0 aliphatic heterocycles. The number of nitrogens with one attached hydrogen (secondary N) is 1. The third-order valence-electron chi connectivity index (χ3n) is 4.05. The normalized spacial score (nSPS) is 10.7. The van der Waals surface area contributed by atoms with Crippen molar-refractivity contribution >= 4 is 11.6 Å². The maximum atomic E-state index is 12.1. The summed E-state index contributed by atoms with van der Waals surface area (Å²) in [4.78, 5) is 12.1. The fourth-order valence-electron chi connectivity index (χ4n) is 2.74. The highest BCUT2D eigenvalue weighted by atomic mass is 16.5. The topological polar surface area (TPSA) is 108 Å². The number of aryl methyl sites for hydroxylation is 3. The van der Waals surface area contributed by atoms with Gasteiger partial charge in [-0.1, -0.05) is 5.16 Å². The summed E-state index contributed by atoms with van der Waals surface area (Å²) in [5.41, 5.74) is 2.72.